The molecule has 0 radical (unpaired) electrons. The number of rotatable bonds is 5. The molecule has 1 atom stereocenters. The molecule has 0 amide bonds. The molecule has 2 aromatic carbocycles. The van der Waals surface area contributed by atoms with Crippen LogP contribution in [-0.4, -0.2) is 39.0 Å². The summed E-state index contributed by atoms with van der Waals surface area (Å²) in [5.41, 5.74) is 5.90. The van der Waals surface area contributed by atoms with Gasteiger partial charge in [-0.3, -0.25) is 0 Å². The number of halogens is 1. The molecule has 1 aliphatic rings. The van der Waals surface area contributed by atoms with Crippen LogP contribution >= 0.6 is 12.4 Å². The minimum atomic E-state index is -3.51. The van der Waals surface area contributed by atoms with Gasteiger partial charge in [0.25, 0.3) is 0 Å². The van der Waals surface area contributed by atoms with E-state index in [4.69, 9.17) is 15.2 Å². The van der Waals surface area contributed by atoms with Crippen LogP contribution in [0.3, 0.4) is 0 Å². The minimum Gasteiger partial charge on any atom is -0.497 e. The Bertz CT molecular complexity index is 810. The molecule has 2 aromatic rings. The Morgan fingerprint density at radius 2 is 1.54 bits per heavy atom. The van der Waals surface area contributed by atoms with Gasteiger partial charge in [0.15, 0.2) is 0 Å². The van der Waals surface area contributed by atoms with Crippen molar-refractivity contribution < 1.29 is 17.9 Å². The summed E-state index contributed by atoms with van der Waals surface area (Å²) in [6.07, 6.45) is 1.65. The second-order valence-electron chi connectivity index (χ2n) is 6.01. The van der Waals surface area contributed by atoms with Gasteiger partial charge >= 0.3 is 0 Å². The van der Waals surface area contributed by atoms with Crippen LogP contribution in [0.4, 0.5) is 0 Å². The number of nitrogens with two attached hydrogens (primary N) is 1. The quantitative estimate of drug-likeness (QED) is 0.837. The third-order valence-electron chi connectivity index (χ3n) is 4.18. The Morgan fingerprint density at radius 3 is 2.08 bits per heavy atom. The zero-order valence-electron chi connectivity index (χ0n) is 14.5. The first-order chi connectivity index (χ1) is 12.0. The van der Waals surface area contributed by atoms with Gasteiger partial charge in [-0.1, -0.05) is 0 Å². The van der Waals surface area contributed by atoms with Crippen LogP contribution in [0.5, 0.6) is 17.2 Å². The molecular weight excluding hydrogens is 376 g/mol. The number of methoxy groups -OCH3 is 1. The SMILES string of the molecule is COc1ccc(Oc2ccc(S(=O)(=O)N3CCCC(N)C3)cc2)cc1.Cl. The van der Waals surface area contributed by atoms with Crippen molar-refractivity contribution in [2.45, 2.75) is 23.8 Å². The van der Waals surface area contributed by atoms with Gasteiger partial charge < -0.3 is 15.2 Å². The zero-order valence-corrected chi connectivity index (χ0v) is 16.1. The largest absolute Gasteiger partial charge is 0.497 e. The highest BCUT2D eigenvalue weighted by atomic mass is 35.5. The van der Waals surface area contributed by atoms with Crippen LogP contribution < -0.4 is 15.2 Å². The third kappa shape index (κ3) is 4.67. The van der Waals surface area contributed by atoms with Crippen LogP contribution in [0.1, 0.15) is 12.8 Å². The number of hydrogen-bond acceptors (Lipinski definition) is 5. The van der Waals surface area contributed by atoms with Crippen molar-refractivity contribution in [3.8, 4) is 17.2 Å². The van der Waals surface area contributed by atoms with E-state index >= 15 is 0 Å². The summed E-state index contributed by atoms with van der Waals surface area (Å²) >= 11 is 0. The molecule has 0 spiro atoms. The molecule has 8 heteroatoms. The molecule has 1 fully saturated rings. The topological polar surface area (TPSA) is 81.9 Å². The van der Waals surface area contributed by atoms with E-state index in [0.717, 1.165) is 18.6 Å². The van der Waals surface area contributed by atoms with Gasteiger partial charge in [-0.15, -0.1) is 12.4 Å². The average Bonchev–Trinajstić information content (AvgIpc) is 2.63. The van der Waals surface area contributed by atoms with E-state index in [1.165, 1.54) is 4.31 Å². The second kappa shape index (κ2) is 8.73. The first kappa shape index (κ1) is 20.5. The fourth-order valence-electron chi connectivity index (χ4n) is 2.80. The molecule has 0 aromatic heterocycles. The molecule has 142 valence electrons. The lowest BCUT2D eigenvalue weighted by molar-refractivity contribution is 0.316. The van der Waals surface area contributed by atoms with Crippen LogP contribution in [0, 0.1) is 0 Å². The zero-order chi connectivity index (χ0) is 17.9. The maximum Gasteiger partial charge on any atom is 0.243 e. The van der Waals surface area contributed by atoms with Gasteiger partial charge in [0.2, 0.25) is 10.0 Å². The fraction of sp³-hybridized carbons (Fsp3) is 0.333. The number of hydrogen-bond donors (Lipinski definition) is 1. The standard InChI is InChI=1S/C18H22N2O4S.ClH/c1-23-15-4-6-16(7-5-15)24-17-8-10-18(11-9-17)25(21,22)20-12-2-3-14(19)13-20;/h4-11,14H,2-3,12-13,19H2,1H3;1H. The van der Waals surface area contributed by atoms with Crippen LogP contribution in [-0.2, 0) is 10.0 Å². The lowest BCUT2D eigenvalue weighted by Crippen LogP contribution is -2.45. The Kier molecular flexibility index (Phi) is 6.88. The van der Waals surface area contributed by atoms with Crippen molar-refractivity contribution in [3.05, 3.63) is 48.5 Å². The predicted molar refractivity (Wildman–Crippen MR) is 103 cm³/mol. The molecular formula is C18H23ClN2O4S. The predicted octanol–water partition coefficient (Wildman–Crippen LogP) is 3.02. The van der Waals surface area contributed by atoms with Crippen molar-refractivity contribution >= 4 is 22.4 Å². The highest BCUT2D eigenvalue weighted by Gasteiger charge is 2.28. The summed E-state index contributed by atoms with van der Waals surface area (Å²) in [6.45, 7) is 0.882. The summed E-state index contributed by atoms with van der Waals surface area (Å²) in [5, 5.41) is 0. The van der Waals surface area contributed by atoms with Crippen molar-refractivity contribution in [1.29, 1.82) is 0 Å². The van der Waals surface area contributed by atoms with Gasteiger partial charge in [0.05, 0.1) is 12.0 Å². The molecule has 26 heavy (non-hydrogen) atoms. The Labute approximate surface area is 160 Å². The van der Waals surface area contributed by atoms with Crippen molar-refractivity contribution in [3.63, 3.8) is 0 Å². The summed E-state index contributed by atoms with van der Waals surface area (Å²) in [7, 11) is -1.91. The number of benzene rings is 2. The highest BCUT2D eigenvalue weighted by Crippen LogP contribution is 2.26. The number of ether oxygens (including phenoxy) is 2. The molecule has 0 aliphatic carbocycles. The van der Waals surface area contributed by atoms with Gasteiger partial charge in [-0.25, -0.2) is 8.42 Å². The van der Waals surface area contributed by atoms with Gasteiger partial charge in [0, 0.05) is 19.1 Å². The van der Waals surface area contributed by atoms with Crippen LogP contribution in [0.25, 0.3) is 0 Å². The van der Waals surface area contributed by atoms with Crippen LogP contribution in [0.15, 0.2) is 53.4 Å². The summed E-state index contributed by atoms with van der Waals surface area (Å²) in [4.78, 5) is 0.253. The van der Waals surface area contributed by atoms with Crippen molar-refractivity contribution in [2.75, 3.05) is 20.2 Å². The van der Waals surface area contributed by atoms with E-state index in [9.17, 15) is 8.42 Å². The van der Waals surface area contributed by atoms with Gasteiger partial charge in [-0.05, 0) is 61.4 Å². The molecule has 3 rings (SSSR count). The molecule has 2 N–H and O–H groups in total. The second-order valence-corrected chi connectivity index (χ2v) is 7.95. The van der Waals surface area contributed by atoms with Gasteiger partial charge in [0.1, 0.15) is 17.2 Å². The number of nitrogens with zero attached hydrogens (tertiary/aromatic N) is 1. The normalized spacial score (nSPS) is 18.0. The van der Waals surface area contributed by atoms with E-state index in [-0.39, 0.29) is 23.3 Å². The molecule has 1 aliphatic heterocycles. The first-order valence-corrected chi connectivity index (χ1v) is 9.61. The highest BCUT2D eigenvalue weighted by molar-refractivity contribution is 7.89. The molecule has 0 saturated carbocycles. The van der Waals surface area contributed by atoms with E-state index in [1.807, 2.05) is 0 Å². The minimum absolute atomic E-state index is 0. The summed E-state index contributed by atoms with van der Waals surface area (Å²) in [6, 6.07) is 13.5. The number of piperidine rings is 1. The molecule has 6 nitrogen and oxygen atoms in total. The van der Waals surface area contributed by atoms with E-state index in [1.54, 1.807) is 55.6 Å². The average molecular weight is 399 g/mol. The third-order valence-corrected chi connectivity index (χ3v) is 6.06. The van der Waals surface area contributed by atoms with Crippen molar-refractivity contribution in [2.24, 2.45) is 5.73 Å². The van der Waals surface area contributed by atoms with E-state index in [0.29, 0.717) is 24.6 Å². The summed E-state index contributed by atoms with van der Waals surface area (Å²) < 4.78 is 37.7. The molecule has 1 unspecified atom stereocenters. The van der Waals surface area contributed by atoms with Crippen LogP contribution in [0.2, 0.25) is 0 Å². The first-order valence-electron chi connectivity index (χ1n) is 8.17. The summed E-state index contributed by atoms with van der Waals surface area (Å²) in [5.74, 6) is 1.96. The van der Waals surface area contributed by atoms with Crippen molar-refractivity contribution in [1.82, 2.24) is 4.31 Å². The molecule has 1 saturated heterocycles. The Morgan fingerprint density at radius 1 is 1.00 bits per heavy atom. The van der Waals surface area contributed by atoms with E-state index in [2.05, 4.69) is 0 Å². The smallest absolute Gasteiger partial charge is 0.243 e. The fourth-order valence-corrected chi connectivity index (χ4v) is 4.34. The maximum absolute atomic E-state index is 12.7. The van der Waals surface area contributed by atoms with Gasteiger partial charge in [-0.2, -0.15) is 4.31 Å². The maximum atomic E-state index is 12.7. The van der Waals surface area contributed by atoms with E-state index < -0.39 is 10.0 Å². The number of sulfonamides is 1. The Hall–Kier alpha value is -1.80. The lowest BCUT2D eigenvalue weighted by atomic mass is 10.1. The monoisotopic (exact) mass is 398 g/mol. The Balaban J connectivity index is 0.00000243. The molecule has 0 bridgehead atoms. The lowest BCUT2D eigenvalue weighted by Gasteiger charge is -2.29. The molecule has 1 heterocycles.